The predicted molar refractivity (Wildman–Crippen MR) is 120 cm³/mol. The van der Waals surface area contributed by atoms with Crippen LogP contribution < -0.4 is 10.6 Å². The Labute approximate surface area is 179 Å². The molecular weight excluding hydrogens is 451 g/mol. The average molecular weight is 480 g/mol. The van der Waals surface area contributed by atoms with Gasteiger partial charge in [0.15, 0.2) is 5.96 Å². The molecule has 1 unspecified atom stereocenters. The van der Waals surface area contributed by atoms with Crippen LogP contribution in [0.25, 0.3) is 0 Å². The molecule has 2 rings (SSSR count). The van der Waals surface area contributed by atoms with Crippen LogP contribution in [0.4, 0.5) is 0 Å². The second-order valence-electron chi connectivity index (χ2n) is 6.53. The Morgan fingerprint density at radius 2 is 1.96 bits per heavy atom. The number of benzene rings is 1. The quantitative estimate of drug-likeness (QED) is 0.378. The lowest BCUT2D eigenvalue weighted by molar-refractivity contribution is 0.636. The summed E-state index contributed by atoms with van der Waals surface area (Å²) in [6.45, 7) is 9.74. The molecule has 0 radical (unpaired) electrons. The molecule has 146 valence electrons. The third-order valence-corrected chi connectivity index (χ3v) is 4.40. The Morgan fingerprint density at radius 1 is 1.30 bits per heavy atom. The molecule has 0 bridgehead atoms. The number of aliphatic imine (C=N–C) groups is 1. The Balaban J connectivity index is 0.00000364. The van der Waals surface area contributed by atoms with E-state index in [2.05, 4.69) is 54.5 Å². The summed E-state index contributed by atoms with van der Waals surface area (Å²) in [5.74, 6) is 0.795. The van der Waals surface area contributed by atoms with Crippen molar-refractivity contribution in [3.05, 3.63) is 52.3 Å². The second-order valence-corrected chi connectivity index (χ2v) is 6.53. The highest BCUT2D eigenvalue weighted by Gasteiger charge is 2.14. The lowest BCUT2D eigenvalue weighted by Gasteiger charge is -2.18. The minimum Gasteiger partial charge on any atom is -0.357 e. The van der Waals surface area contributed by atoms with Gasteiger partial charge in [0.2, 0.25) is 0 Å². The van der Waals surface area contributed by atoms with Gasteiger partial charge in [0.25, 0.3) is 0 Å². The van der Waals surface area contributed by atoms with Gasteiger partial charge in [-0.05, 0) is 57.4 Å². The smallest absolute Gasteiger partial charge is 0.191 e. The zero-order valence-electron chi connectivity index (χ0n) is 16.7. The first-order valence-corrected chi connectivity index (χ1v) is 8.97. The molecule has 0 spiro atoms. The van der Waals surface area contributed by atoms with Gasteiger partial charge < -0.3 is 10.6 Å². The van der Waals surface area contributed by atoms with E-state index in [1.807, 2.05) is 36.0 Å². The van der Waals surface area contributed by atoms with Crippen LogP contribution in [0.3, 0.4) is 0 Å². The van der Waals surface area contributed by atoms with Crippen LogP contribution in [0.5, 0.6) is 0 Å². The second kappa shape index (κ2) is 10.9. The molecule has 0 aliphatic rings. The first-order chi connectivity index (χ1) is 12.4. The van der Waals surface area contributed by atoms with E-state index in [9.17, 15) is 0 Å². The van der Waals surface area contributed by atoms with Crippen LogP contribution in [-0.2, 0) is 20.0 Å². The van der Waals surface area contributed by atoms with Gasteiger partial charge in [-0.3, -0.25) is 4.68 Å². The van der Waals surface area contributed by atoms with Crippen molar-refractivity contribution < 1.29 is 0 Å². The third kappa shape index (κ3) is 6.54. The van der Waals surface area contributed by atoms with Gasteiger partial charge in [-0.1, -0.05) is 12.1 Å². The van der Waals surface area contributed by atoms with Crippen LogP contribution in [0.15, 0.2) is 29.3 Å². The number of nitrogens with zero attached hydrogens (tertiary/aromatic N) is 4. The SMILES string of the molecule is CCNC(=NCc1ccc(C#N)cc1)NC(C)Cc1c(C)nn(C)c1C.I. The number of halogens is 1. The van der Waals surface area contributed by atoms with Gasteiger partial charge in [0.1, 0.15) is 0 Å². The summed E-state index contributed by atoms with van der Waals surface area (Å²) in [6, 6.07) is 9.89. The van der Waals surface area contributed by atoms with E-state index >= 15 is 0 Å². The Morgan fingerprint density at radius 3 is 2.48 bits per heavy atom. The van der Waals surface area contributed by atoms with E-state index < -0.39 is 0 Å². The van der Waals surface area contributed by atoms with Gasteiger partial charge in [0.05, 0.1) is 23.9 Å². The molecule has 1 aromatic heterocycles. The molecule has 27 heavy (non-hydrogen) atoms. The molecule has 0 amide bonds. The van der Waals surface area contributed by atoms with Crippen LogP contribution in [0.1, 0.15) is 41.9 Å². The molecule has 6 nitrogen and oxygen atoms in total. The van der Waals surface area contributed by atoms with Gasteiger partial charge in [0, 0.05) is 25.3 Å². The topological polar surface area (TPSA) is 78.0 Å². The summed E-state index contributed by atoms with van der Waals surface area (Å²) in [6.07, 6.45) is 0.896. The normalized spacial score (nSPS) is 12.1. The van der Waals surface area contributed by atoms with E-state index in [0.29, 0.717) is 12.1 Å². The summed E-state index contributed by atoms with van der Waals surface area (Å²) < 4.78 is 1.93. The maximum absolute atomic E-state index is 8.87. The van der Waals surface area contributed by atoms with Crippen molar-refractivity contribution in [1.29, 1.82) is 5.26 Å². The number of hydrogen-bond acceptors (Lipinski definition) is 3. The molecule has 7 heteroatoms. The molecule has 0 saturated heterocycles. The van der Waals surface area contributed by atoms with Gasteiger partial charge >= 0.3 is 0 Å². The van der Waals surface area contributed by atoms with E-state index in [-0.39, 0.29) is 30.0 Å². The molecule has 1 atom stereocenters. The fourth-order valence-electron chi connectivity index (χ4n) is 2.88. The summed E-state index contributed by atoms with van der Waals surface area (Å²) in [4.78, 5) is 4.66. The van der Waals surface area contributed by atoms with E-state index in [1.165, 1.54) is 11.3 Å². The Hall–Kier alpha value is -2.08. The third-order valence-electron chi connectivity index (χ3n) is 4.40. The minimum atomic E-state index is 0. The first-order valence-electron chi connectivity index (χ1n) is 8.97. The van der Waals surface area contributed by atoms with Crippen molar-refractivity contribution in [1.82, 2.24) is 20.4 Å². The van der Waals surface area contributed by atoms with E-state index in [0.717, 1.165) is 30.2 Å². The number of aryl methyl sites for hydroxylation is 2. The van der Waals surface area contributed by atoms with Crippen molar-refractivity contribution in [3.8, 4) is 6.07 Å². The van der Waals surface area contributed by atoms with Gasteiger partial charge in [-0.15, -0.1) is 24.0 Å². The molecule has 0 aliphatic heterocycles. The molecule has 2 aromatic rings. The van der Waals surface area contributed by atoms with E-state index in [1.54, 1.807) is 0 Å². The molecule has 0 saturated carbocycles. The number of aromatic nitrogens is 2. The first kappa shape index (κ1) is 23.0. The monoisotopic (exact) mass is 480 g/mol. The van der Waals surface area contributed by atoms with Crippen molar-refractivity contribution in [2.75, 3.05) is 6.54 Å². The Bertz CT molecular complexity index is 801. The molecule has 0 fully saturated rings. The van der Waals surface area contributed by atoms with E-state index in [4.69, 9.17) is 5.26 Å². The summed E-state index contributed by atoms with van der Waals surface area (Å²) in [7, 11) is 1.98. The minimum absolute atomic E-state index is 0. The number of nitrogens with one attached hydrogen (secondary N) is 2. The van der Waals surface area contributed by atoms with Crippen LogP contribution in [0, 0.1) is 25.2 Å². The van der Waals surface area contributed by atoms with Crippen LogP contribution in [0.2, 0.25) is 0 Å². The van der Waals surface area contributed by atoms with Crippen LogP contribution >= 0.6 is 24.0 Å². The van der Waals surface area contributed by atoms with Gasteiger partial charge in [-0.2, -0.15) is 10.4 Å². The molecular formula is C20H29IN6. The lowest BCUT2D eigenvalue weighted by atomic mass is 10.1. The van der Waals surface area contributed by atoms with Crippen molar-refractivity contribution in [2.24, 2.45) is 12.0 Å². The van der Waals surface area contributed by atoms with Gasteiger partial charge in [-0.25, -0.2) is 4.99 Å². The fourth-order valence-corrected chi connectivity index (χ4v) is 2.88. The maximum Gasteiger partial charge on any atom is 0.191 e. The number of hydrogen-bond donors (Lipinski definition) is 2. The zero-order valence-corrected chi connectivity index (χ0v) is 19.0. The lowest BCUT2D eigenvalue weighted by Crippen LogP contribution is -2.43. The maximum atomic E-state index is 8.87. The standard InChI is InChI=1S/C20H28N6.HI/c1-6-22-20(23-13-18-9-7-17(12-21)8-10-18)24-14(2)11-19-15(3)25-26(5)16(19)4;/h7-10,14H,6,11,13H2,1-5H3,(H2,22,23,24);1H. The highest BCUT2D eigenvalue weighted by atomic mass is 127. The zero-order chi connectivity index (χ0) is 19.1. The largest absolute Gasteiger partial charge is 0.357 e. The van der Waals surface area contributed by atoms with Crippen molar-refractivity contribution in [3.63, 3.8) is 0 Å². The van der Waals surface area contributed by atoms with Crippen LogP contribution in [-0.4, -0.2) is 28.3 Å². The molecule has 2 N–H and O–H groups in total. The molecule has 1 heterocycles. The molecule has 1 aromatic carbocycles. The summed E-state index contributed by atoms with van der Waals surface area (Å²) in [5.41, 5.74) is 5.32. The average Bonchev–Trinajstić information content (AvgIpc) is 2.86. The number of guanidine groups is 1. The predicted octanol–water partition coefficient (Wildman–Crippen LogP) is 3.21. The Kier molecular flexibility index (Phi) is 9.29. The van der Waals surface area contributed by atoms with Crippen molar-refractivity contribution >= 4 is 29.9 Å². The summed E-state index contributed by atoms with van der Waals surface area (Å²) in [5, 5.41) is 20.1. The number of rotatable bonds is 6. The highest BCUT2D eigenvalue weighted by Crippen LogP contribution is 2.14. The highest BCUT2D eigenvalue weighted by molar-refractivity contribution is 14.0. The number of nitriles is 1. The summed E-state index contributed by atoms with van der Waals surface area (Å²) >= 11 is 0. The molecule has 0 aliphatic carbocycles. The van der Waals surface area contributed by atoms with Crippen molar-refractivity contribution in [2.45, 2.75) is 46.7 Å². The fraction of sp³-hybridized carbons (Fsp3) is 0.450.